The molecule has 1 amide bonds. The maximum Gasteiger partial charge on any atom is 0.255 e. The van der Waals surface area contributed by atoms with Gasteiger partial charge in [0.25, 0.3) is 5.91 Å². The number of oxazole rings is 1. The van der Waals surface area contributed by atoms with Crippen LogP contribution in [0, 0.1) is 6.92 Å². The maximum absolute atomic E-state index is 13.3. The molecule has 0 aliphatic rings. The third kappa shape index (κ3) is 4.83. The smallest absolute Gasteiger partial charge is 0.255 e. The Balaban J connectivity index is 1.69. The van der Waals surface area contributed by atoms with E-state index >= 15 is 0 Å². The van der Waals surface area contributed by atoms with E-state index in [4.69, 9.17) is 18.6 Å². The molecule has 0 radical (unpaired) electrons. The van der Waals surface area contributed by atoms with E-state index in [-0.39, 0.29) is 5.91 Å². The van der Waals surface area contributed by atoms with E-state index < -0.39 is 0 Å². The molecule has 0 spiro atoms. The number of amides is 1. The topological polar surface area (TPSA) is 82.8 Å². The molecule has 0 fully saturated rings. The van der Waals surface area contributed by atoms with Gasteiger partial charge in [-0.25, -0.2) is 4.98 Å². The van der Waals surface area contributed by atoms with Gasteiger partial charge >= 0.3 is 0 Å². The van der Waals surface area contributed by atoms with Crippen LogP contribution >= 0.6 is 0 Å². The number of carbonyl (C=O) groups is 1. The van der Waals surface area contributed by atoms with Crippen LogP contribution in [0.1, 0.15) is 36.7 Å². The Kier molecular flexibility index (Phi) is 7.01. The zero-order chi connectivity index (χ0) is 24.1. The van der Waals surface area contributed by atoms with Crippen LogP contribution in [0.25, 0.3) is 22.6 Å². The summed E-state index contributed by atoms with van der Waals surface area (Å²) in [4.78, 5) is 17.9. The van der Waals surface area contributed by atoms with Crippen molar-refractivity contribution in [3.8, 4) is 28.7 Å². The molecule has 0 aliphatic carbocycles. The van der Waals surface area contributed by atoms with Gasteiger partial charge in [0, 0.05) is 5.56 Å². The highest BCUT2D eigenvalue weighted by atomic mass is 16.5. The Bertz CT molecular complexity index is 1280. The number of para-hydroxylation sites is 1. The van der Waals surface area contributed by atoms with E-state index in [2.05, 4.69) is 10.3 Å². The van der Waals surface area contributed by atoms with Crippen LogP contribution in [0.3, 0.4) is 0 Å². The van der Waals surface area contributed by atoms with Crippen molar-refractivity contribution in [2.24, 2.45) is 0 Å². The first kappa shape index (κ1) is 23.2. The van der Waals surface area contributed by atoms with Crippen LogP contribution in [-0.4, -0.2) is 30.7 Å². The lowest BCUT2D eigenvalue weighted by Gasteiger charge is -2.17. The number of anilines is 1. The number of ether oxygens (including phenoxy) is 3. The lowest BCUT2D eigenvalue weighted by Crippen LogP contribution is -2.14. The van der Waals surface area contributed by atoms with Gasteiger partial charge < -0.3 is 23.9 Å². The molecule has 0 unspecified atom stereocenters. The van der Waals surface area contributed by atoms with Crippen LogP contribution < -0.4 is 19.5 Å². The molecule has 1 N–H and O–H groups in total. The van der Waals surface area contributed by atoms with E-state index in [0.717, 1.165) is 11.1 Å². The van der Waals surface area contributed by atoms with E-state index in [1.54, 1.807) is 12.1 Å². The number of aromatic nitrogens is 1. The summed E-state index contributed by atoms with van der Waals surface area (Å²) in [6, 6.07) is 16.6. The van der Waals surface area contributed by atoms with Crippen molar-refractivity contribution < 1.29 is 23.4 Å². The number of hydrogen-bond donors (Lipinski definition) is 1. The molecule has 1 aromatic heterocycles. The number of carbonyl (C=O) groups excluding carboxylic acids is 1. The molecule has 0 bridgehead atoms. The van der Waals surface area contributed by atoms with Crippen molar-refractivity contribution in [3.05, 3.63) is 65.7 Å². The van der Waals surface area contributed by atoms with Crippen molar-refractivity contribution >= 4 is 22.7 Å². The number of aryl methyl sites for hydroxylation is 1. The molecule has 0 saturated heterocycles. The third-order valence-electron chi connectivity index (χ3n) is 5.12. The third-order valence-corrected chi connectivity index (χ3v) is 5.12. The highest BCUT2D eigenvalue weighted by molar-refractivity contribution is 6.06. The van der Waals surface area contributed by atoms with Gasteiger partial charge in [0.1, 0.15) is 5.52 Å². The molecule has 1 heterocycles. The second-order valence-corrected chi connectivity index (χ2v) is 7.59. The zero-order valence-corrected chi connectivity index (χ0v) is 19.8. The fourth-order valence-electron chi connectivity index (χ4n) is 3.65. The number of nitrogens with zero attached hydrogens (tertiary/aromatic N) is 1. The van der Waals surface area contributed by atoms with E-state index in [9.17, 15) is 4.79 Å². The van der Waals surface area contributed by atoms with Gasteiger partial charge in [-0.05, 0) is 69.7 Å². The molecule has 0 atom stereocenters. The fraction of sp³-hybridized carbons (Fsp3) is 0.259. The molecule has 7 nitrogen and oxygen atoms in total. The average Bonchev–Trinajstić information content (AvgIpc) is 3.24. The van der Waals surface area contributed by atoms with Crippen molar-refractivity contribution in [1.82, 2.24) is 4.98 Å². The summed E-state index contributed by atoms with van der Waals surface area (Å²) in [5, 5.41) is 2.98. The van der Waals surface area contributed by atoms with Crippen LogP contribution in [0.4, 0.5) is 5.69 Å². The summed E-state index contributed by atoms with van der Waals surface area (Å²) in [7, 11) is 0. The minimum Gasteiger partial charge on any atom is -0.490 e. The predicted octanol–water partition coefficient (Wildman–Crippen LogP) is 6.25. The van der Waals surface area contributed by atoms with Gasteiger partial charge in [0.15, 0.2) is 17.1 Å². The van der Waals surface area contributed by atoms with E-state index in [1.807, 2.05) is 70.2 Å². The standard InChI is InChI=1S/C27H28N2O5/c1-5-31-23-15-18(16-24(32-6-2)25(23)33-7-3)26(30)28-20-11-9-8-10-19(20)27-29-21-14-17(4)12-13-22(21)34-27/h8-16H,5-7H2,1-4H3,(H,28,30). The molecule has 4 aromatic rings. The Labute approximate surface area is 198 Å². The second-order valence-electron chi connectivity index (χ2n) is 7.59. The van der Waals surface area contributed by atoms with Gasteiger partial charge in [0.2, 0.25) is 11.6 Å². The van der Waals surface area contributed by atoms with Crippen molar-refractivity contribution in [2.75, 3.05) is 25.1 Å². The van der Waals surface area contributed by atoms with Crippen molar-refractivity contribution in [1.29, 1.82) is 0 Å². The quantitative estimate of drug-likeness (QED) is 0.318. The largest absolute Gasteiger partial charge is 0.490 e. The first-order valence-corrected chi connectivity index (χ1v) is 11.4. The summed E-state index contributed by atoms with van der Waals surface area (Å²) < 4.78 is 23.2. The lowest BCUT2D eigenvalue weighted by molar-refractivity contribution is 0.102. The van der Waals surface area contributed by atoms with Gasteiger partial charge in [-0.1, -0.05) is 18.2 Å². The maximum atomic E-state index is 13.3. The number of benzene rings is 3. The van der Waals surface area contributed by atoms with E-state index in [1.165, 1.54) is 0 Å². The molecular formula is C27H28N2O5. The van der Waals surface area contributed by atoms with E-state index in [0.29, 0.717) is 65.4 Å². The average molecular weight is 461 g/mol. The highest BCUT2D eigenvalue weighted by Crippen LogP contribution is 2.39. The normalized spacial score (nSPS) is 10.8. The predicted molar refractivity (Wildman–Crippen MR) is 132 cm³/mol. The Morgan fingerprint density at radius 1 is 0.912 bits per heavy atom. The Hall–Kier alpha value is -4.00. The lowest BCUT2D eigenvalue weighted by atomic mass is 10.1. The van der Waals surface area contributed by atoms with Crippen LogP contribution in [0.15, 0.2) is 59.0 Å². The molecule has 176 valence electrons. The summed E-state index contributed by atoms with van der Waals surface area (Å²) >= 11 is 0. The zero-order valence-electron chi connectivity index (χ0n) is 19.8. The van der Waals surface area contributed by atoms with Crippen molar-refractivity contribution in [2.45, 2.75) is 27.7 Å². The number of nitrogens with one attached hydrogen (secondary N) is 1. The molecule has 3 aromatic carbocycles. The Morgan fingerprint density at radius 2 is 1.59 bits per heavy atom. The summed E-state index contributed by atoms with van der Waals surface area (Å²) in [6.07, 6.45) is 0. The summed E-state index contributed by atoms with van der Waals surface area (Å²) in [6.45, 7) is 8.95. The minimum atomic E-state index is -0.315. The number of fused-ring (bicyclic) bond motifs is 1. The Morgan fingerprint density at radius 3 is 2.26 bits per heavy atom. The first-order chi connectivity index (χ1) is 16.5. The first-order valence-electron chi connectivity index (χ1n) is 11.4. The fourth-order valence-corrected chi connectivity index (χ4v) is 3.65. The molecule has 4 rings (SSSR count). The van der Waals surface area contributed by atoms with Gasteiger partial charge in [-0.3, -0.25) is 4.79 Å². The number of rotatable bonds is 9. The highest BCUT2D eigenvalue weighted by Gasteiger charge is 2.20. The minimum absolute atomic E-state index is 0.315. The molecule has 34 heavy (non-hydrogen) atoms. The van der Waals surface area contributed by atoms with Crippen LogP contribution in [0.5, 0.6) is 17.2 Å². The van der Waals surface area contributed by atoms with Crippen molar-refractivity contribution in [3.63, 3.8) is 0 Å². The molecule has 0 saturated carbocycles. The van der Waals surface area contributed by atoms with Crippen LogP contribution in [0.2, 0.25) is 0 Å². The van der Waals surface area contributed by atoms with Gasteiger partial charge in [0.05, 0.1) is 31.1 Å². The van der Waals surface area contributed by atoms with Crippen LogP contribution in [-0.2, 0) is 0 Å². The van der Waals surface area contributed by atoms with Gasteiger partial charge in [-0.15, -0.1) is 0 Å². The monoisotopic (exact) mass is 460 g/mol. The summed E-state index contributed by atoms with van der Waals surface area (Å²) in [5.74, 6) is 1.54. The summed E-state index contributed by atoms with van der Waals surface area (Å²) in [5.41, 5.74) is 4.21. The second kappa shape index (κ2) is 10.3. The molecule has 0 aliphatic heterocycles. The SMILES string of the molecule is CCOc1cc(C(=O)Nc2ccccc2-c2nc3cc(C)ccc3o2)cc(OCC)c1OCC. The van der Waals surface area contributed by atoms with Gasteiger partial charge in [-0.2, -0.15) is 0 Å². The molecular weight excluding hydrogens is 432 g/mol. The number of hydrogen-bond acceptors (Lipinski definition) is 6. The molecule has 7 heteroatoms.